The Morgan fingerprint density at radius 2 is 0.817 bits per heavy atom. The Bertz CT molecular complexity index is 5260. The van der Waals surface area contributed by atoms with Crippen LogP contribution in [-0.2, 0) is 49.8 Å². The van der Waals surface area contributed by atoms with Crippen molar-refractivity contribution >= 4 is 136 Å². The largest absolute Gasteiger partial charge is 1.00 e. The van der Waals surface area contributed by atoms with Crippen molar-refractivity contribution in [2.45, 2.75) is 190 Å². The van der Waals surface area contributed by atoms with E-state index in [1.54, 1.807) is 54.6 Å². The zero-order chi connectivity index (χ0) is 94.5. The van der Waals surface area contributed by atoms with E-state index >= 15 is 0 Å². The number of aromatic nitrogens is 3. The van der Waals surface area contributed by atoms with Crippen LogP contribution in [0.25, 0.3) is 0 Å². The maximum atomic E-state index is 13.0. The molecule has 10 aliphatic rings. The molecule has 8 aromatic rings. The molecule has 10 atom stereocenters. The number of nitrogens with zero attached hydrogens (tertiary/aromatic N) is 11. The van der Waals surface area contributed by atoms with Gasteiger partial charge >= 0.3 is 55.0 Å². The molecular weight excluding hydrogens is 2010 g/mol. The number of halogens is 18. The number of ether oxygens (including phenoxy) is 4. The number of thiazole rings is 3. The van der Waals surface area contributed by atoms with Crippen molar-refractivity contribution in [3.8, 4) is 0 Å². The van der Waals surface area contributed by atoms with Gasteiger partial charge in [-0.15, -0.1) is 11.3 Å². The van der Waals surface area contributed by atoms with Gasteiger partial charge in [0.25, 0.3) is 5.91 Å². The minimum atomic E-state index is -4.36. The molecule has 13 heterocycles. The van der Waals surface area contributed by atoms with Crippen LogP contribution in [0.3, 0.4) is 0 Å². The second kappa shape index (κ2) is 42.3. The van der Waals surface area contributed by atoms with Gasteiger partial charge in [-0.3, -0.25) is 10.0 Å². The van der Waals surface area contributed by atoms with Crippen LogP contribution in [0.2, 0.25) is 0 Å². The number of hydroxylamine groups is 1. The van der Waals surface area contributed by atoms with Crippen LogP contribution in [0.5, 0.6) is 0 Å². The number of carbonyl (C=O) groups excluding carboxylic acids is 5. The number of esters is 2. The van der Waals surface area contributed by atoms with E-state index in [0.717, 1.165) is 99.8 Å². The Morgan fingerprint density at radius 3 is 1.14 bits per heavy atom. The highest BCUT2D eigenvalue weighted by atomic mass is 127. The van der Waals surface area contributed by atoms with Crippen molar-refractivity contribution in [1.29, 1.82) is 0 Å². The van der Waals surface area contributed by atoms with Gasteiger partial charge in [-0.05, 0) is 211 Å². The predicted octanol–water partition coefficient (Wildman–Crippen LogP) is 15.1. The van der Waals surface area contributed by atoms with Crippen LogP contribution in [0.1, 0.15) is 144 Å². The Balaban J connectivity index is 0.000000151. The fourth-order valence-electron chi connectivity index (χ4n) is 17.0. The lowest BCUT2D eigenvalue weighted by molar-refractivity contribution is -0.672. The first-order chi connectivity index (χ1) is 61.0. The molecule has 131 heavy (non-hydrogen) atoms. The summed E-state index contributed by atoms with van der Waals surface area (Å²) in [5.74, 6) is -1.30. The summed E-state index contributed by atoms with van der Waals surface area (Å²) < 4.78 is 212. The van der Waals surface area contributed by atoms with Crippen molar-refractivity contribution in [3.05, 3.63) is 190 Å². The second-order valence-electron chi connectivity index (χ2n) is 34.0. The topological polar surface area (TPSA) is 248 Å². The molecule has 3 aromatic heterocycles. The highest BCUT2D eigenvalue weighted by Crippen LogP contribution is 2.45. The number of piperazine rings is 5. The van der Waals surface area contributed by atoms with Crippen molar-refractivity contribution in [2.75, 3.05) is 108 Å². The van der Waals surface area contributed by atoms with Crippen molar-refractivity contribution < 1.29 is 132 Å². The third kappa shape index (κ3) is 26.6. The summed E-state index contributed by atoms with van der Waals surface area (Å²) in [5.41, 5.74) is 0.0164. The molecule has 45 heteroatoms. The number of benzene rings is 5. The highest BCUT2D eigenvalue weighted by molar-refractivity contribution is 14.1. The van der Waals surface area contributed by atoms with Crippen LogP contribution in [0.15, 0.2) is 144 Å². The molecule has 10 aliphatic heterocycles. The molecule has 0 aliphatic carbocycles. The van der Waals surface area contributed by atoms with Crippen molar-refractivity contribution in [3.63, 3.8) is 0 Å². The quantitative estimate of drug-likeness (QED) is 0.0235. The smallest absolute Gasteiger partial charge is 0.416 e. The van der Waals surface area contributed by atoms with Gasteiger partial charge in [-0.1, -0.05) is 53.0 Å². The minimum Gasteiger partial charge on any atom is -1.00 e. The molecular formula is C86H96BrClF15IN14O10S3. The first-order valence-electron chi connectivity index (χ1n) is 41.5. The third-order valence-electron chi connectivity index (χ3n) is 22.6. The SMILES string of the molecule is CC(C)(C)OC(=O)N1C[C@@H]2C[C@H]1CN2.CC(C)(C)OC(=O)N1C[C@@H]2C[C@H]1CN2c1cccc(C(F)(F)F)c1.CCOC(=O)c1cnc(Br)s1.CCOC(=O)c1cnc(N2C[C@@H]3C[C@H]2CN3c2cccc(C(F)(F)F)c2)s1.FC(F)(F)c1cccc(I)c1.FC(F)(F)c1cccc(N2C[C@@H]3C[C@H]2C[NH2+]3)c1.O=C(NO)c1cnc(N2C[C@@H]3C[C@H]2CN3c2cccc(C(F)(F)F)c2)s1.[Cl-]. The van der Waals surface area contributed by atoms with E-state index in [-0.39, 0.29) is 78.4 Å². The number of fused-ring (bicyclic) bond motifs is 10. The monoisotopic (exact) mass is 2110 g/mol. The fourth-order valence-corrected chi connectivity index (χ4v) is 20.5. The van der Waals surface area contributed by atoms with Gasteiger partial charge in [0.05, 0.1) is 96.9 Å². The van der Waals surface area contributed by atoms with Gasteiger partial charge in [0, 0.05) is 115 Å². The Labute approximate surface area is 785 Å². The lowest BCUT2D eigenvalue weighted by atomic mass is 10.1. The number of hydrogen-bond donors (Lipinski definition) is 4. The van der Waals surface area contributed by atoms with Crippen LogP contribution in [0, 0.1) is 3.57 Å². The number of anilines is 6. The Morgan fingerprint density at radius 1 is 0.458 bits per heavy atom. The summed E-state index contributed by atoms with van der Waals surface area (Å²) in [6, 6.07) is 29.5. The second-order valence-corrected chi connectivity index (χ2v) is 39.6. The number of carbonyl (C=O) groups is 5. The number of rotatable bonds is 11. The first kappa shape index (κ1) is 103. The molecule has 5 N–H and O–H groups in total. The number of likely N-dealkylation sites (tertiary alicyclic amines) is 2. The normalized spacial score (nSPS) is 21.9. The Hall–Kier alpha value is -8.93. The zero-order valence-electron chi connectivity index (χ0n) is 71.7. The van der Waals surface area contributed by atoms with Gasteiger partial charge in [0.15, 0.2) is 14.2 Å². The van der Waals surface area contributed by atoms with Crippen LogP contribution in [0.4, 0.5) is 108 Å². The Kier molecular flexibility index (Phi) is 33.1. The molecule has 10 fully saturated rings. The number of amides is 3. The lowest BCUT2D eigenvalue weighted by Gasteiger charge is -2.36. The maximum Gasteiger partial charge on any atom is 0.416 e. The van der Waals surface area contributed by atoms with Gasteiger partial charge in [-0.25, -0.2) is 39.6 Å². The summed E-state index contributed by atoms with van der Waals surface area (Å²) in [5, 5.41) is 15.8. The number of nitrogens with two attached hydrogens (primary N) is 1. The minimum absolute atomic E-state index is 0. The number of alkyl halides is 15. The van der Waals surface area contributed by atoms with E-state index in [2.05, 4.69) is 56.2 Å². The van der Waals surface area contributed by atoms with Gasteiger partial charge in [-0.2, -0.15) is 65.9 Å². The fraction of sp³-hybridized carbons (Fsp3) is 0.488. The summed E-state index contributed by atoms with van der Waals surface area (Å²) in [6.45, 7) is 22.5. The van der Waals surface area contributed by atoms with E-state index in [9.17, 15) is 89.8 Å². The van der Waals surface area contributed by atoms with Gasteiger partial charge in [0.1, 0.15) is 31.9 Å². The number of quaternary nitrogens is 1. The van der Waals surface area contributed by atoms with Gasteiger partial charge < -0.3 is 81.2 Å². The van der Waals surface area contributed by atoms with E-state index in [4.69, 9.17) is 24.2 Å². The molecule has 0 spiro atoms. The highest BCUT2D eigenvalue weighted by Gasteiger charge is 2.51. The molecule has 714 valence electrons. The molecule has 24 nitrogen and oxygen atoms in total. The number of hydrogen-bond acceptors (Lipinski definition) is 23. The first-order valence-corrected chi connectivity index (χ1v) is 45.8. The molecule has 10 bridgehead atoms. The standard InChI is InChI=1S/C18H18F3N3O2S.C17H21F3N2O2.C16H15F3N4O2S.C12H13F3N2.C10H18N2O2.C7H4F3I.C6H6BrNO2S.ClH/c1-2-26-16(25)15-8-22-17(27-15)24-10-13-7-14(24)9-23(13)12-5-3-4-11(6-12)18(19,20)21;1-16(2,3)24-15(23)22-10-13-8-14(22)9-21(13)12-6-4-5-11(7-12)17(18,19)20;17-16(18,19)9-2-1-3-10(4-9)22-7-12-5-11(22)8-23(12)15-20-6-13(26-15)14(24)21-25;13-12(14,15)8-2-1-3-10(4-8)17-7-9-5-11(17)6-16-9;1-10(2,3)14-9(13)12-6-7-4-8(12)5-11-7;8-7(9,10)5-2-1-3-6(11)4-5;1-2-10-5(9)4-3-8-6(7)11-4;/h3-6,8,13-14H,2,7,9-10H2,1H3;4-7,13-14H,8-10H2,1-3H3;1-4,6,11-12,25H,5,7-8H2,(H,21,24);1-4,9,11,16H,5-7H2;7-8,11H,4-6H2,1-3H3;1-4H;3H,2H2,1H3;1H/t2*13-,14-;11-,12-;9-,11-;7-,8-;;;/m00000.../s1. The summed E-state index contributed by atoms with van der Waals surface area (Å²) in [4.78, 5) is 87.8. The van der Waals surface area contributed by atoms with Crippen LogP contribution >= 0.6 is 72.5 Å². The molecule has 3 amide bonds. The summed E-state index contributed by atoms with van der Waals surface area (Å²) in [7, 11) is 0. The third-order valence-corrected chi connectivity index (χ3v) is 26.8. The molecule has 5 aromatic carbocycles. The molecule has 10 saturated heterocycles. The van der Waals surface area contributed by atoms with Crippen molar-refractivity contribution in [1.82, 2.24) is 35.5 Å². The van der Waals surface area contributed by atoms with Crippen LogP contribution in [-0.4, -0.2) is 210 Å². The van der Waals surface area contributed by atoms with E-state index in [1.165, 1.54) is 107 Å². The summed E-state index contributed by atoms with van der Waals surface area (Å²) in [6.07, 6.45) is -13.0. The van der Waals surface area contributed by atoms with Gasteiger partial charge in [0.2, 0.25) is 0 Å². The molecule has 18 rings (SSSR count). The van der Waals surface area contributed by atoms with E-state index in [1.807, 2.05) is 83.7 Å². The van der Waals surface area contributed by atoms with E-state index < -0.39 is 70.2 Å². The number of nitrogens with one attached hydrogen (secondary N) is 2. The average Bonchev–Trinajstić information content (AvgIpc) is 1.40. The average molecular weight is 2110 g/mol. The summed E-state index contributed by atoms with van der Waals surface area (Å²) >= 11 is 8.74. The molecule has 0 unspecified atom stereocenters. The molecule has 0 radical (unpaired) electrons. The lowest BCUT2D eigenvalue weighted by Crippen LogP contribution is -3.00. The molecule has 0 saturated carbocycles. The van der Waals surface area contributed by atoms with Crippen molar-refractivity contribution in [2.24, 2.45) is 0 Å². The van der Waals surface area contributed by atoms with Crippen LogP contribution < -0.4 is 57.9 Å². The predicted molar refractivity (Wildman–Crippen MR) is 471 cm³/mol. The maximum absolute atomic E-state index is 13.0. The zero-order valence-corrected chi connectivity index (χ0v) is 78.7. The van der Waals surface area contributed by atoms with E-state index in [0.29, 0.717) is 127 Å².